The highest BCUT2D eigenvalue weighted by atomic mass is 32.1. The summed E-state index contributed by atoms with van der Waals surface area (Å²) in [4.78, 5) is 0.996. The van der Waals surface area contributed by atoms with Gasteiger partial charge in [-0.15, -0.1) is 16.4 Å². The maximum Gasteiger partial charge on any atom is 0.180 e. The normalized spacial score (nSPS) is 13.1. The molecule has 1 aromatic rings. The van der Waals surface area contributed by atoms with Gasteiger partial charge in [-0.1, -0.05) is 30.4 Å². The summed E-state index contributed by atoms with van der Waals surface area (Å²) in [5.41, 5.74) is 1.11. The van der Waals surface area contributed by atoms with Crippen LogP contribution in [-0.4, -0.2) is 18.0 Å². The van der Waals surface area contributed by atoms with E-state index in [1.807, 2.05) is 52.1 Å². The van der Waals surface area contributed by atoms with Crippen LogP contribution in [0.15, 0.2) is 30.4 Å². The second-order valence-electron chi connectivity index (χ2n) is 2.77. The Hall–Kier alpha value is -1.16. The van der Waals surface area contributed by atoms with Gasteiger partial charge in [-0.25, -0.2) is 0 Å². The summed E-state index contributed by atoms with van der Waals surface area (Å²) in [7, 11) is 1.96. The summed E-state index contributed by atoms with van der Waals surface area (Å²) in [5, 5.41) is 9.07. The summed E-state index contributed by atoms with van der Waals surface area (Å²) in [5.74, 6) is 0. The van der Waals surface area contributed by atoms with Gasteiger partial charge in [-0.3, -0.25) is 0 Å². The molecule has 0 saturated carbocycles. The molecule has 1 heterocycles. The van der Waals surface area contributed by atoms with E-state index in [1.54, 1.807) is 11.3 Å². The van der Waals surface area contributed by atoms with Gasteiger partial charge in [-0.05, 0) is 13.8 Å². The Labute approximate surface area is 89.5 Å². The number of aromatic nitrogens is 2. The molecule has 0 aliphatic heterocycles. The molecule has 72 valence electrons. The van der Waals surface area contributed by atoms with Crippen LogP contribution in [0.4, 0.5) is 0 Å². The zero-order valence-corrected chi connectivity index (χ0v) is 9.51. The molecule has 0 radical (unpaired) electrons. The van der Waals surface area contributed by atoms with Crippen molar-refractivity contribution in [3.05, 3.63) is 35.4 Å². The predicted octanol–water partition coefficient (Wildman–Crippen LogP) is 1.33. The molecule has 0 fully saturated rings. The number of nitrogens with zero attached hydrogens (tertiary/aromatic N) is 2. The Morgan fingerprint density at radius 1 is 1.29 bits per heavy atom. The van der Waals surface area contributed by atoms with Crippen LogP contribution < -0.4 is 4.91 Å². The second kappa shape index (κ2) is 5.55. The quantitative estimate of drug-likeness (QED) is 0.548. The number of allylic oxidation sites excluding steroid dienone is 6. The Bertz CT molecular complexity index is 377. The summed E-state index contributed by atoms with van der Waals surface area (Å²) >= 11 is 1.61. The summed E-state index contributed by atoms with van der Waals surface area (Å²) < 4.78 is 0. The maximum atomic E-state index is 4.10. The van der Waals surface area contributed by atoms with Crippen molar-refractivity contribution >= 4 is 29.7 Å². The minimum Gasteiger partial charge on any atom is -0.155 e. The lowest BCUT2D eigenvalue weighted by atomic mass is 10.2. The third-order valence-corrected chi connectivity index (χ3v) is 2.48. The smallest absolute Gasteiger partial charge is 0.155 e. The monoisotopic (exact) mass is 204 g/mol. The van der Waals surface area contributed by atoms with E-state index in [9.17, 15) is 0 Å². The molecule has 0 aliphatic carbocycles. The molecule has 0 unspecified atom stereocenters. The molecule has 2 nitrogen and oxygen atoms in total. The average Bonchev–Trinajstić information content (AvgIpc) is 2.59. The molecule has 4 heteroatoms. The van der Waals surface area contributed by atoms with E-state index < -0.39 is 0 Å². The predicted molar refractivity (Wildman–Crippen MR) is 65.7 cm³/mol. The summed E-state index contributed by atoms with van der Waals surface area (Å²) in [6, 6.07) is 0. The Kier molecular flexibility index (Phi) is 4.33. The van der Waals surface area contributed by atoms with Crippen LogP contribution in [0, 0.1) is 0 Å². The fourth-order valence-electron chi connectivity index (χ4n) is 0.991. The van der Waals surface area contributed by atoms with Gasteiger partial charge in [0.25, 0.3) is 0 Å². The SMILES string of the molecule is Bc1nnc(C(/C=C/C)=C/C=C\C)s1. The van der Waals surface area contributed by atoms with Crippen molar-refractivity contribution in [2.24, 2.45) is 0 Å². The van der Waals surface area contributed by atoms with Crippen molar-refractivity contribution in [1.29, 1.82) is 0 Å². The molecule has 1 rings (SSSR count). The molecule has 0 aromatic carbocycles. The third-order valence-electron chi connectivity index (χ3n) is 1.59. The highest BCUT2D eigenvalue weighted by molar-refractivity contribution is 7.20. The lowest BCUT2D eigenvalue weighted by Crippen LogP contribution is -1.97. The highest BCUT2D eigenvalue weighted by Gasteiger charge is 2.02. The molecule has 0 atom stereocenters. The molecule has 0 amide bonds. The van der Waals surface area contributed by atoms with E-state index >= 15 is 0 Å². The first-order chi connectivity index (χ1) is 6.77. The van der Waals surface area contributed by atoms with Gasteiger partial charge >= 0.3 is 0 Å². The van der Waals surface area contributed by atoms with Crippen LogP contribution in [0.3, 0.4) is 0 Å². The molecule has 0 spiro atoms. The average molecular weight is 204 g/mol. The van der Waals surface area contributed by atoms with Crippen molar-refractivity contribution in [1.82, 2.24) is 10.2 Å². The zero-order valence-electron chi connectivity index (χ0n) is 8.69. The molecule has 0 saturated heterocycles. The standard InChI is InChI=1S/C10H13BN2S/c1-3-5-7-8(6-4-2)9-12-13-10(11)14-9/h3-7H,11H2,1-2H3/b5-3-,6-4+,8-7+. The van der Waals surface area contributed by atoms with Crippen LogP contribution >= 0.6 is 11.3 Å². The van der Waals surface area contributed by atoms with Gasteiger partial charge in [0.2, 0.25) is 0 Å². The molecule has 0 aliphatic rings. The van der Waals surface area contributed by atoms with Crippen LogP contribution in [0.1, 0.15) is 18.9 Å². The van der Waals surface area contributed by atoms with Gasteiger partial charge in [0.15, 0.2) is 7.85 Å². The first-order valence-electron chi connectivity index (χ1n) is 4.54. The topological polar surface area (TPSA) is 25.8 Å². The van der Waals surface area contributed by atoms with E-state index in [2.05, 4.69) is 10.2 Å². The van der Waals surface area contributed by atoms with E-state index in [-0.39, 0.29) is 0 Å². The zero-order chi connectivity index (χ0) is 10.4. The second-order valence-corrected chi connectivity index (χ2v) is 3.96. The van der Waals surface area contributed by atoms with Gasteiger partial charge in [0.1, 0.15) is 5.01 Å². The van der Waals surface area contributed by atoms with Gasteiger partial charge in [0.05, 0.1) is 4.91 Å². The van der Waals surface area contributed by atoms with Crippen molar-refractivity contribution in [2.75, 3.05) is 0 Å². The van der Waals surface area contributed by atoms with E-state index in [1.165, 1.54) is 0 Å². The summed E-state index contributed by atoms with van der Waals surface area (Å²) in [6.45, 7) is 3.99. The lowest BCUT2D eigenvalue weighted by molar-refractivity contribution is 1.10. The molecule has 14 heavy (non-hydrogen) atoms. The minimum absolute atomic E-state index is 0.971. The van der Waals surface area contributed by atoms with Crippen LogP contribution in [0.25, 0.3) is 5.57 Å². The Balaban J connectivity index is 2.99. The van der Waals surface area contributed by atoms with E-state index in [0.717, 1.165) is 15.5 Å². The third kappa shape index (κ3) is 2.96. The number of hydrogen-bond acceptors (Lipinski definition) is 3. The molecular weight excluding hydrogens is 191 g/mol. The van der Waals surface area contributed by atoms with Gasteiger partial charge in [-0.2, -0.15) is 5.10 Å². The fourth-order valence-corrected chi connectivity index (χ4v) is 1.69. The number of hydrogen-bond donors (Lipinski definition) is 0. The number of rotatable bonds is 3. The van der Waals surface area contributed by atoms with Crippen molar-refractivity contribution in [2.45, 2.75) is 13.8 Å². The Morgan fingerprint density at radius 3 is 2.57 bits per heavy atom. The first kappa shape index (κ1) is 10.9. The summed E-state index contributed by atoms with van der Waals surface area (Å²) in [6.07, 6.45) is 10.1. The lowest BCUT2D eigenvalue weighted by Gasteiger charge is -1.92. The van der Waals surface area contributed by atoms with Crippen LogP contribution in [0.5, 0.6) is 0 Å². The molecular formula is C10H13BN2S. The Morgan fingerprint density at radius 2 is 2.07 bits per heavy atom. The van der Waals surface area contributed by atoms with Crippen LogP contribution in [-0.2, 0) is 0 Å². The molecule has 0 bridgehead atoms. The van der Waals surface area contributed by atoms with E-state index in [0.29, 0.717) is 0 Å². The molecule has 1 aromatic heterocycles. The maximum absolute atomic E-state index is 4.10. The van der Waals surface area contributed by atoms with E-state index in [4.69, 9.17) is 0 Å². The van der Waals surface area contributed by atoms with Crippen molar-refractivity contribution < 1.29 is 0 Å². The van der Waals surface area contributed by atoms with Gasteiger partial charge in [0, 0.05) is 5.57 Å². The molecule has 0 N–H and O–H groups in total. The highest BCUT2D eigenvalue weighted by Crippen LogP contribution is 2.15. The van der Waals surface area contributed by atoms with Gasteiger partial charge < -0.3 is 0 Å². The van der Waals surface area contributed by atoms with Crippen molar-refractivity contribution in [3.8, 4) is 0 Å². The minimum atomic E-state index is 0.971. The largest absolute Gasteiger partial charge is 0.180 e. The van der Waals surface area contributed by atoms with Crippen molar-refractivity contribution in [3.63, 3.8) is 0 Å². The fraction of sp³-hybridized carbons (Fsp3) is 0.200. The van der Waals surface area contributed by atoms with Crippen LogP contribution in [0.2, 0.25) is 0 Å². The first-order valence-corrected chi connectivity index (χ1v) is 5.35.